The number of rotatable bonds is 6. The third kappa shape index (κ3) is 4.96. The lowest BCUT2D eigenvalue weighted by molar-refractivity contribution is -0.144. The molecule has 1 aromatic carbocycles. The molecule has 0 aliphatic heterocycles. The molecule has 0 unspecified atom stereocenters. The summed E-state index contributed by atoms with van der Waals surface area (Å²) < 4.78 is 23.5. The van der Waals surface area contributed by atoms with Crippen LogP contribution < -0.4 is 5.32 Å². The van der Waals surface area contributed by atoms with Crippen molar-refractivity contribution in [1.29, 1.82) is 0 Å². The summed E-state index contributed by atoms with van der Waals surface area (Å²) in [5.41, 5.74) is 0.0759. The highest BCUT2D eigenvalue weighted by Gasteiger charge is 2.13. The van der Waals surface area contributed by atoms with Gasteiger partial charge >= 0.3 is 5.97 Å². The summed E-state index contributed by atoms with van der Waals surface area (Å²) in [6, 6.07) is 7.25. The third-order valence-corrected chi connectivity index (χ3v) is 3.41. The Hall–Kier alpha value is -2.60. The molecule has 2 rings (SSSR count). The molecule has 2 aromatic rings. The summed E-state index contributed by atoms with van der Waals surface area (Å²) in [7, 11) is 0. The van der Waals surface area contributed by atoms with Gasteiger partial charge in [-0.05, 0) is 37.3 Å². The lowest BCUT2D eigenvalue weighted by Gasteiger charge is -2.11. The highest BCUT2D eigenvalue weighted by atomic mass is 35.5. The number of ether oxygens (including phenoxy) is 1. The molecule has 0 saturated carbocycles. The number of halogens is 2. The van der Waals surface area contributed by atoms with E-state index < -0.39 is 24.3 Å². The molecule has 126 valence electrons. The molecule has 1 aromatic heterocycles. The minimum Gasteiger partial charge on any atom is -0.467 e. The number of nitrogens with one attached hydrogen (secondary N) is 1. The van der Waals surface area contributed by atoms with E-state index in [2.05, 4.69) is 5.32 Å². The van der Waals surface area contributed by atoms with Crippen molar-refractivity contribution in [3.05, 3.63) is 64.8 Å². The quantitative estimate of drug-likeness (QED) is 0.638. The lowest BCUT2D eigenvalue weighted by atomic mass is 10.2. The molecule has 0 spiro atoms. The fraction of sp³-hybridized carbons (Fsp3) is 0.176. The van der Waals surface area contributed by atoms with Crippen molar-refractivity contribution in [2.45, 2.75) is 13.0 Å². The van der Waals surface area contributed by atoms with E-state index in [1.165, 1.54) is 30.5 Å². The Bertz CT molecular complexity index is 723. The van der Waals surface area contributed by atoms with Crippen LogP contribution >= 0.6 is 11.6 Å². The Labute approximate surface area is 143 Å². The molecule has 1 atom stereocenters. The molecule has 1 heterocycles. The number of hydrogen-bond acceptors (Lipinski definition) is 4. The van der Waals surface area contributed by atoms with E-state index in [1.54, 1.807) is 19.1 Å². The molecule has 1 amide bonds. The zero-order chi connectivity index (χ0) is 17.5. The van der Waals surface area contributed by atoms with Crippen LogP contribution in [-0.4, -0.2) is 18.5 Å². The average molecular weight is 352 g/mol. The first-order chi connectivity index (χ1) is 11.5. The van der Waals surface area contributed by atoms with Gasteiger partial charge < -0.3 is 14.5 Å². The van der Waals surface area contributed by atoms with Gasteiger partial charge in [0, 0.05) is 11.6 Å². The van der Waals surface area contributed by atoms with Gasteiger partial charge in [-0.15, -0.1) is 0 Å². The van der Waals surface area contributed by atoms with E-state index in [-0.39, 0.29) is 16.6 Å². The number of carbonyl (C=O) groups is 2. The molecule has 1 N–H and O–H groups in total. The van der Waals surface area contributed by atoms with Crippen molar-refractivity contribution >= 4 is 29.6 Å². The van der Waals surface area contributed by atoms with Crippen LogP contribution in [0.1, 0.15) is 24.3 Å². The van der Waals surface area contributed by atoms with Crippen LogP contribution in [0.4, 0.5) is 4.39 Å². The van der Waals surface area contributed by atoms with Gasteiger partial charge in [0.1, 0.15) is 11.6 Å². The summed E-state index contributed by atoms with van der Waals surface area (Å²) in [4.78, 5) is 23.3. The van der Waals surface area contributed by atoms with Crippen LogP contribution in [0.15, 0.2) is 47.1 Å². The number of furan rings is 1. The van der Waals surface area contributed by atoms with Crippen molar-refractivity contribution < 1.29 is 23.1 Å². The Morgan fingerprint density at radius 1 is 1.38 bits per heavy atom. The van der Waals surface area contributed by atoms with Crippen molar-refractivity contribution in [2.24, 2.45) is 0 Å². The predicted molar refractivity (Wildman–Crippen MR) is 86.7 cm³/mol. The second-order valence-electron chi connectivity index (χ2n) is 4.88. The van der Waals surface area contributed by atoms with Gasteiger partial charge in [0.2, 0.25) is 0 Å². The van der Waals surface area contributed by atoms with Crippen LogP contribution in [-0.2, 0) is 14.3 Å². The average Bonchev–Trinajstić information content (AvgIpc) is 3.07. The van der Waals surface area contributed by atoms with E-state index in [0.29, 0.717) is 5.76 Å². The summed E-state index contributed by atoms with van der Waals surface area (Å²) in [5.74, 6) is -1.24. The number of amides is 1. The molecule has 7 heteroatoms. The Morgan fingerprint density at radius 2 is 2.17 bits per heavy atom. The number of benzene rings is 1. The molecule has 0 bridgehead atoms. The zero-order valence-electron chi connectivity index (χ0n) is 12.8. The van der Waals surface area contributed by atoms with Gasteiger partial charge in [-0.2, -0.15) is 0 Å². The molecular weight excluding hydrogens is 337 g/mol. The predicted octanol–water partition coefficient (Wildman–Crippen LogP) is 3.51. The van der Waals surface area contributed by atoms with Crippen LogP contribution in [0.3, 0.4) is 0 Å². The van der Waals surface area contributed by atoms with Crippen LogP contribution in [0.2, 0.25) is 5.02 Å². The molecular formula is C17H15ClFNO4. The highest BCUT2D eigenvalue weighted by molar-refractivity contribution is 6.32. The molecule has 24 heavy (non-hydrogen) atoms. The van der Waals surface area contributed by atoms with E-state index in [0.717, 1.165) is 6.08 Å². The van der Waals surface area contributed by atoms with Gasteiger partial charge in [0.05, 0.1) is 17.3 Å². The van der Waals surface area contributed by atoms with Gasteiger partial charge in [-0.1, -0.05) is 17.7 Å². The topological polar surface area (TPSA) is 68.5 Å². The van der Waals surface area contributed by atoms with E-state index in [4.69, 9.17) is 20.8 Å². The minimum absolute atomic E-state index is 0.0759. The lowest BCUT2D eigenvalue weighted by Crippen LogP contribution is -2.30. The second kappa shape index (κ2) is 8.31. The van der Waals surface area contributed by atoms with Gasteiger partial charge in [-0.25, -0.2) is 9.18 Å². The standard InChI is InChI=1S/C17H15ClFNO4/c1-11(15-6-3-9-23-15)20-16(21)10-24-17(22)8-7-12-13(18)4-2-5-14(12)19/h2-9,11H,10H2,1H3,(H,20,21)/b8-7+/t11-/m1/s1. The number of hydrogen-bond donors (Lipinski definition) is 1. The maximum Gasteiger partial charge on any atom is 0.331 e. The van der Waals surface area contributed by atoms with E-state index >= 15 is 0 Å². The molecule has 0 fully saturated rings. The Morgan fingerprint density at radius 3 is 2.83 bits per heavy atom. The van der Waals surface area contributed by atoms with E-state index in [1.807, 2.05) is 0 Å². The molecule has 0 aliphatic rings. The summed E-state index contributed by atoms with van der Waals surface area (Å²) >= 11 is 5.83. The monoisotopic (exact) mass is 351 g/mol. The number of carbonyl (C=O) groups excluding carboxylic acids is 2. The first-order valence-electron chi connectivity index (χ1n) is 7.09. The smallest absolute Gasteiger partial charge is 0.331 e. The molecule has 0 aliphatic carbocycles. The summed E-state index contributed by atoms with van der Waals surface area (Å²) in [5, 5.41) is 2.78. The first kappa shape index (κ1) is 17.7. The maximum absolute atomic E-state index is 13.5. The fourth-order valence-corrected chi connectivity index (χ4v) is 2.12. The van der Waals surface area contributed by atoms with Crippen molar-refractivity contribution in [3.8, 4) is 0 Å². The maximum atomic E-state index is 13.5. The van der Waals surface area contributed by atoms with E-state index in [9.17, 15) is 14.0 Å². The molecule has 5 nitrogen and oxygen atoms in total. The van der Waals surface area contributed by atoms with Gasteiger partial charge in [0.15, 0.2) is 6.61 Å². The zero-order valence-corrected chi connectivity index (χ0v) is 13.5. The largest absolute Gasteiger partial charge is 0.467 e. The highest BCUT2D eigenvalue weighted by Crippen LogP contribution is 2.20. The van der Waals surface area contributed by atoms with Crippen LogP contribution in [0, 0.1) is 5.82 Å². The minimum atomic E-state index is -0.782. The fourth-order valence-electron chi connectivity index (χ4n) is 1.90. The van der Waals surface area contributed by atoms with Gasteiger partial charge in [0.25, 0.3) is 5.91 Å². The first-order valence-corrected chi connectivity index (χ1v) is 7.47. The third-order valence-electron chi connectivity index (χ3n) is 3.08. The Kier molecular flexibility index (Phi) is 6.14. The summed E-state index contributed by atoms with van der Waals surface area (Å²) in [6.07, 6.45) is 3.70. The summed E-state index contributed by atoms with van der Waals surface area (Å²) in [6.45, 7) is 1.28. The number of esters is 1. The Balaban J connectivity index is 1.82. The normalized spacial score (nSPS) is 12.1. The SMILES string of the molecule is C[C@@H](NC(=O)COC(=O)/C=C/c1c(F)cccc1Cl)c1ccco1. The van der Waals surface area contributed by atoms with Crippen molar-refractivity contribution in [3.63, 3.8) is 0 Å². The van der Waals surface area contributed by atoms with Crippen molar-refractivity contribution in [1.82, 2.24) is 5.32 Å². The van der Waals surface area contributed by atoms with Crippen LogP contribution in [0.5, 0.6) is 0 Å². The van der Waals surface area contributed by atoms with Gasteiger partial charge in [-0.3, -0.25) is 4.79 Å². The second-order valence-corrected chi connectivity index (χ2v) is 5.29. The molecule has 0 radical (unpaired) electrons. The van der Waals surface area contributed by atoms with Crippen LogP contribution in [0.25, 0.3) is 6.08 Å². The van der Waals surface area contributed by atoms with Crippen molar-refractivity contribution in [2.75, 3.05) is 6.61 Å². The molecule has 0 saturated heterocycles.